The predicted octanol–water partition coefficient (Wildman–Crippen LogP) is 8.42. The van der Waals surface area contributed by atoms with Crippen molar-refractivity contribution in [3.05, 3.63) is 97.1 Å². The minimum atomic E-state index is 0.372. The van der Waals surface area contributed by atoms with E-state index in [1.165, 1.54) is 0 Å². The van der Waals surface area contributed by atoms with Crippen molar-refractivity contribution in [1.82, 2.24) is 9.80 Å². The molecular formula is C34H28N2O2S2. The standard InChI is InChI=1S/C34H28N2O2S2/c1-35(2)33(39)37-27-19-17-23-15-13-21-9-5-7-11-25(21)29(23)31(27)32-28(38-34(40)36(3)4)20-18-24-16-14-22-10-6-8-12-26(22)30(24)32/h5-20H,1-4H3. The van der Waals surface area contributed by atoms with Crippen molar-refractivity contribution >= 4 is 77.9 Å². The van der Waals surface area contributed by atoms with Gasteiger partial charge in [0.15, 0.2) is 0 Å². The predicted molar refractivity (Wildman–Crippen MR) is 176 cm³/mol. The van der Waals surface area contributed by atoms with Crippen LogP contribution in [-0.4, -0.2) is 48.3 Å². The minimum absolute atomic E-state index is 0.372. The number of nitrogens with zero attached hydrogens (tertiary/aromatic N) is 2. The van der Waals surface area contributed by atoms with Crippen LogP contribution in [0.2, 0.25) is 0 Å². The molecule has 0 unspecified atom stereocenters. The van der Waals surface area contributed by atoms with Crippen LogP contribution < -0.4 is 9.47 Å². The second kappa shape index (κ2) is 10.4. The first-order valence-corrected chi connectivity index (χ1v) is 13.8. The Bertz CT molecular complexity index is 1820. The van der Waals surface area contributed by atoms with Gasteiger partial charge in [-0.05, 0) is 68.9 Å². The van der Waals surface area contributed by atoms with Gasteiger partial charge in [-0.2, -0.15) is 0 Å². The van der Waals surface area contributed by atoms with Crippen LogP contribution in [0.3, 0.4) is 0 Å². The molecule has 0 aliphatic heterocycles. The first-order valence-electron chi connectivity index (χ1n) is 13.0. The van der Waals surface area contributed by atoms with Crippen molar-refractivity contribution in [2.45, 2.75) is 0 Å². The van der Waals surface area contributed by atoms with Crippen LogP contribution in [0.15, 0.2) is 97.1 Å². The van der Waals surface area contributed by atoms with E-state index in [1.807, 2.05) is 40.3 Å². The quantitative estimate of drug-likeness (QED) is 0.159. The van der Waals surface area contributed by atoms with Gasteiger partial charge in [0.05, 0.1) is 0 Å². The van der Waals surface area contributed by atoms with E-state index in [2.05, 4.69) is 84.9 Å². The number of hydrogen-bond donors (Lipinski definition) is 0. The van der Waals surface area contributed by atoms with Gasteiger partial charge in [0.25, 0.3) is 10.3 Å². The molecule has 0 heterocycles. The maximum atomic E-state index is 6.45. The summed E-state index contributed by atoms with van der Waals surface area (Å²) in [6.07, 6.45) is 0. The highest BCUT2D eigenvalue weighted by Gasteiger charge is 2.23. The maximum absolute atomic E-state index is 6.45. The number of benzene rings is 6. The number of hydrogen-bond acceptors (Lipinski definition) is 4. The molecule has 6 rings (SSSR count). The lowest BCUT2D eigenvalue weighted by Crippen LogP contribution is -2.25. The number of fused-ring (bicyclic) bond motifs is 6. The summed E-state index contributed by atoms with van der Waals surface area (Å²) in [4.78, 5) is 3.59. The van der Waals surface area contributed by atoms with E-state index in [9.17, 15) is 0 Å². The summed E-state index contributed by atoms with van der Waals surface area (Å²) in [6, 6.07) is 33.6. The van der Waals surface area contributed by atoms with E-state index >= 15 is 0 Å². The van der Waals surface area contributed by atoms with Gasteiger partial charge in [-0.3, -0.25) is 0 Å². The average molecular weight is 561 g/mol. The van der Waals surface area contributed by atoms with Gasteiger partial charge in [0.1, 0.15) is 11.5 Å². The summed E-state index contributed by atoms with van der Waals surface area (Å²) < 4.78 is 12.9. The summed E-state index contributed by atoms with van der Waals surface area (Å²) in [5.74, 6) is 1.31. The molecule has 0 aliphatic rings. The fraction of sp³-hybridized carbons (Fsp3) is 0.118. The summed E-state index contributed by atoms with van der Waals surface area (Å²) in [5.41, 5.74) is 1.83. The molecule has 0 N–H and O–H groups in total. The lowest BCUT2D eigenvalue weighted by molar-refractivity contribution is 0.447. The smallest absolute Gasteiger partial charge is 0.264 e. The van der Waals surface area contributed by atoms with Gasteiger partial charge >= 0.3 is 0 Å². The molecule has 0 aromatic heterocycles. The van der Waals surface area contributed by atoms with Gasteiger partial charge in [0.2, 0.25) is 0 Å². The van der Waals surface area contributed by atoms with Crippen LogP contribution in [0.1, 0.15) is 0 Å². The highest BCUT2D eigenvalue weighted by Crippen LogP contribution is 2.49. The summed E-state index contributed by atoms with van der Waals surface area (Å²) in [5, 5.41) is 9.58. The van der Waals surface area contributed by atoms with E-state index < -0.39 is 0 Å². The second-order valence-corrected chi connectivity index (χ2v) is 10.9. The number of rotatable bonds is 3. The molecule has 6 heteroatoms. The molecule has 0 radical (unpaired) electrons. The lowest BCUT2D eigenvalue weighted by atomic mass is 9.88. The normalized spacial score (nSPS) is 11.2. The van der Waals surface area contributed by atoms with Crippen LogP contribution in [0.25, 0.3) is 54.2 Å². The monoisotopic (exact) mass is 560 g/mol. The van der Waals surface area contributed by atoms with E-state index in [0.29, 0.717) is 21.8 Å². The third-order valence-electron chi connectivity index (χ3n) is 7.12. The largest absolute Gasteiger partial charge is 0.431 e. The highest BCUT2D eigenvalue weighted by atomic mass is 32.1. The zero-order valence-electron chi connectivity index (χ0n) is 22.8. The SMILES string of the molecule is CN(C)C(=S)Oc1ccc2ccc3ccccc3c2c1-c1c(OC(=S)N(C)C)ccc2ccc3ccccc3c12. The van der Waals surface area contributed by atoms with Crippen LogP contribution >= 0.6 is 24.4 Å². The molecule has 198 valence electrons. The zero-order chi connectivity index (χ0) is 28.0. The third-order valence-corrected chi connectivity index (χ3v) is 8.02. The molecule has 4 nitrogen and oxygen atoms in total. The Labute approximate surface area is 244 Å². The van der Waals surface area contributed by atoms with Gasteiger partial charge in [-0.1, -0.05) is 84.9 Å². The first-order chi connectivity index (χ1) is 19.3. The van der Waals surface area contributed by atoms with Crippen molar-refractivity contribution in [3.63, 3.8) is 0 Å². The van der Waals surface area contributed by atoms with Crippen molar-refractivity contribution in [2.75, 3.05) is 28.2 Å². The molecule has 0 aliphatic carbocycles. The molecule has 0 bridgehead atoms. The minimum Gasteiger partial charge on any atom is -0.431 e. The molecule has 0 fully saturated rings. The lowest BCUT2D eigenvalue weighted by Gasteiger charge is -2.23. The first kappa shape index (κ1) is 26.0. The fourth-order valence-corrected chi connectivity index (χ4v) is 5.37. The fourth-order valence-electron chi connectivity index (χ4n) is 5.19. The van der Waals surface area contributed by atoms with Crippen LogP contribution in [0.4, 0.5) is 0 Å². The van der Waals surface area contributed by atoms with Crippen molar-refractivity contribution < 1.29 is 9.47 Å². The number of thiocarbonyl (C=S) groups is 2. The Morgan fingerprint density at radius 2 is 0.825 bits per heavy atom. The Hall–Kier alpha value is -4.26. The molecular weight excluding hydrogens is 533 g/mol. The molecule has 0 amide bonds. The molecule has 0 atom stereocenters. The molecule has 0 saturated carbocycles. The molecule has 0 spiro atoms. The Morgan fingerprint density at radius 3 is 1.23 bits per heavy atom. The van der Waals surface area contributed by atoms with Crippen LogP contribution in [0, 0.1) is 0 Å². The second-order valence-electron chi connectivity index (χ2n) is 10.2. The Kier molecular flexibility index (Phi) is 6.74. The average Bonchev–Trinajstić information content (AvgIpc) is 2.96. The molecule has 40 heavy (non-hydrogen) atoms. The van der Waals surface area contributed by atoms with Crippen LogP contribution in [0.5, 0.6) is 11.5 Å². The Balaban J connectivity index is 1.84. The van der Waals surface area contributed by atoms with Gasteiger partial charge < -0.3 is 19.3 Å². The highest BCUT2D eigenvalue weighted by molar-refractivity contribution is 7.80. The van der Waals surface area contributed by atoms with E-state index in [4.69, 9.17) is 33.9 Å². The van der Waals surface area contributed by atoms with E-state index in [-0.39, 0.29) is 0 Å². The van der Waals surface area contributed by atoms with Crippen LogP contribution in [-0.2, 0) is 0 Å². The van der Waals surface area contributed by atoms with Gasteiger partial charge in [0, 0.05) is 50.1 Å². The van der Waals surface area contributed by atoms with E-state index in [1.54, 1.807) is 9.80 Å². The van der Waals surface area contributed by atoms with Crippen molar-refractivity contribution in [2.24, 2.45) is 0 Å². The number of ether oxygens (including phenoxy) is 2. The molecule has 6 aromatic carbocycles. The molecule has 6 aromatic rings. The zero-order valence-corrected chi connectivity index (χ0v) is 24.4. The summed E-state index contributed by atoms with van der Waals surface area (Å²) >= 11 is 11.3. The van der Waals surface area contributed by atoms with Gasteiger partial charge in [-0.15, -0.1) is 0 Å². The topological polar surface area (TPSA) is 24.9 Å². The van der Waals surface area contributed by atoms with Crippen molar-refractivity contribution in [3.8, 4) is 22.6 Å². The van der Waals surface area contributed by atoms with Crippen molar-refractivity contribution in [1.29, 1.82) is 0 Å². The third kappa shape index (κ3) is 4.49. The summed E-state index contributed by atoms with van der Waals surface area (Å²) in [7, 11) is 7.53. The maximum Gasteiger partial charge on any atom is 0.264 e. The summed E-state index contributed by atoms with van der Waals surface area (Å²) in [6.45, 7) is 0. The molecule has 0 saturated heterocycles. The van der Waals surface area contributed by atoms with E-state index in [0.717, 1.165) is 54.2 Å². The Morgan fingerprint density at radius 1 is 0.475 bits per heavy atom. The van der Waals surface area contributed by atoms with Gasteiger partial charge in [-0.25, -0.2) is 0 Å².